The molecular weight excluding hydrogens is 198 g/mol. The molecule has 0 aliphatic rings. The molecule has 0 radical (unpaired) electrons. The summed E-state index contributed by atoms with van der Waals surface area (Å²) >= 11 is 0. The minimum absolute atomic E-state index is 0.00938. The molecule has 1 amide bonds. The van der Waals surface area contributed by atoms with Gasteiger partial charge in [-0.2, -0.15) is 5.26 Å². The van der Waals surface area contributed by atoms with Crippen LogP contribution in [0.2, 0.25) is 0 Å². The summed E-state index contributed by atoms with van der Waals surface area (Å²) in [4.78, 5) is 11.1. The quantitative estimate of drug-likeness (QED) is 0.433. The third-order valence-electron chi connectivity index (χ3n) is 1.76. The lowest BCUT2D eigenvalue weighted by atomic mass is 10.2. The van der Waals surface area contributed by atoms with Crippen LogP contribution in [0, 0.1) is 11.3 Å². The molecule has 0 heterocycles. The minimum Gasteiger partial charge on any atom is -0.396 e. The highest BCUT2D eigenvalue weighted by atomic mass is 16.5. The number of aliphatic hydroxyl groups excluding tert-OH is 1. The fraction of sp³-hybridized carbons (Fsp3) is 0.778. The summed E-state index contributed by atoms with van der Waals surface area (Å²) in [6, 6.07) is 1.76. The average molecular weight is 215 g/mol. The van der Waals surface area contributed by atoms with E-state index in [-0.39, 0.29) is 31.6 Å². The number of nitrogens with one attached hydrogen (secondary N) is 2. The molecule has 6 nitrogen and oxygen atoms in total. The summed E-state index contributed by atoms with van der Waals surface area (Å²) in [7, 11) is 1.56. The van der Waals surface area contributed by atoms with Gasteiger partial charge in [-0.05, 0) is 6.42 Å². The van der Waals surface area contributed by atoms with Crippen molar-refractivity contribution in [3.05, 3.63) is 0 Å². The van der Waals surface area contributed by atoms with Gasteiger partial charge in [0.2, 0.25) is 5.91 Å². The Hall–Kier alpha value is -1.16. The molecule has 0 bridgehead atoms. The average Bonchev–Trinajstić information content (AvgIpc) is 2.23. The highest BCUT2D eigenvalue weighted by molar-refractivity contribution is 5.78. The maximum absolute atomic E-state index is 11.1. The summed E-state index contributed by atoms with van der Waals surface area (Å²) in [6.45, 7) is 0.609. The van der Waals surface area contributed by atoms with E-state index in [0.717, 1.165) is 0 Å². The van der Waals surface area contributed by atoms with E-state index in [4.69, 9.17) is 15.1 Å². The molecule has 3 N–H and O–H groups in total. The lowest BCUT2D eigenvalue weighted by Crippen LogP contribution is -2.41. The maximum atomic E-state index is 11.1. The number of methoxy groups -OCH3 is 1. The molecule has 0 spiro atoms. The Morgan fingerprint density at radius 1 is 1.67 bits per heavy atom. The summed E-state index contributed by atoms with van der Waals surface area (Å²) < 4.78 is 4.91. The lowest BCUT2D eigenvalue weighted by molar-refractivity contribution is -0.120. The van der Waals surface area contributed by atoms with Crippen LogP contribution < -0.4 is 10.6 Å². The van der Waals surface area contributed by atoms with Crippen LogP contribution in [0.3, 0.4) is 0 Å². The highest BCUT2D eigenvalue weighted by Gasteiger charge is 2.08. The van der Waals surface area contributed by atoms with Crippen molar-refractivity contribution in [2.75, 3.05) is 33.4 Å². The van der Waals surface area contributed by atoms with Gasteiger partial charge in [-0.15, -0.1) is 0 Å². The third-order valence-corrected chi connectivity index (χ3v) is 1.76. The van der Waals surface area contributed by atoms with Gasteiger partial charge >= 0.3 is 0 Å². The molecule has 86 valence electrons. The Kier molecular flexibility index (Phi) is 8.67. The molecule has 1 atom stereocenters. The lowest BCUT2D eigenvalue weighted by Gasteiger charge is -2.16. The second-order valence-corrected chi connectivity index (χ2v) is 2.98. The van der Waals surface area contributed by atoms with Crippen LogP contribution in [0.25, 0.3) is 0 Å². The van der Waals surface area contributed by atoms with E-state index in [1.807, 2.05) is 6.07 Å². The number of aliphatic hydroxyl groups is 1. The number of hydrogen-bond donors (Lipinski definition) is 3. The first-order chi connectivity index (χ1) is 7.24. The van der Waals surface area contributed by atoms with E-state index in [0.29, 0.717) is 13.0 Å². The highest BCUT2D eigenvalue weighted by Crippen LogP contribution is 1.90. The van der Waals surface area contributed by atoms with Gasteiger partial charge in [0.1, 0.15) is 6.54 Å². The minimum atomic E-state index is -0.240. The van der Waals surface area contributed by atoms with Gasteiger partial charge in [0.15, 0.2) is 0 Å². The van der Waals surface area contributed by atoms with Crippen molar-refractivity contribution in [2.24, 2.45) is 0 Å². The van der Waals surface area contributed by atoms with Crippen molar-refractivity contribution in [3.8, 4) is 6.07 Å². The van der Waals surface area contributed by atoms with Crippen LogP contribution in [-0.2, 0) is 9.53 Å². The van der Waals surface area contributed by atoms with Crippen LogP contribution in [0.5, 0.6) is 0 Å². The SMILES string of the molecule is COCC(CCO)NCC(=O)NCC#N. The Morgan fingerprint density at radius 3 is 2.93 bits per heavy atom. The summed E-state index contributed by atoms with van der Waals surface area (Å²) in [5.41, 5.74) is 0. The van der Waals surface area contributed by atoms with Crippen molar-refractivity contribution >= 4 is 5.91 Å². The van der Waals surface area contributed by atoms with Crippen molar-refractivity contribution in [3.63, 3.8) is 0 Å². The van der Waals surface area contributed by atoms with Crippen molar-refractivity contribution in [1.29, 1.82) is 5.26 Å². The number of carbonyl (C=O) groups is 1. The summed E-state index contributed by atoms with van der Waals surface area (Å²) in [6.07, 6.45) is 0.527. The second-order valence-electron chi connectivity index (χ2n) is 2.98. The van der Waals surface area contributed by atoms with E-state index >= 15 is 0 Å². The fourth-order valence-corrected chi connectivity index (χ4v) is 1.04. The molecule has 0 aromatic carbocycles. The van der Waals surface area contributed by atoms with Crippen LogP contribution in [0.4, 0.5) is 0 Å². The molecule has 0 aliphatic heterocycles. The van der Waals surface area contributed by atoms with Crippen LogP contribution in [0.1, 0.15) is 6.42 Å². The van der Waals surface area contributed by atoms with Gasteiger partial charge in [-0.25, -0.2) is 0 Å². The molecule has 0 aromatic heterocycles. The van der Waals surface area contributed by atoms with E-state index in [9.17, 15) is 4.79 Å². The van der Waals surface area contributed by atoms with Crippen LogP contribution in [0.15, 0.2) is 0 Å². The third kappa shape index (κ3) is 7.88. The van der Waals surface area contributed by atoms with Gasteiger partial charge in [0.05, 0.1) is 19.2 Å². The molecule has 0 rings (SSSR count). The maximum Gasteiger partial charge on any atom is 0.234 e. The van der Waals surface area contributed by atoms with E-state index in [2.05, 4.69) is 10.6 Å². The van der Waals surface area contributed by atoms with Crippen molar-refractivity contribution in [1.82, 2.24) is 10.6 Å². The molecule has 0 aromatic rings. The zero-order valence-electron chi connectivity index (χ0n) is 8.82. The summed E-state index contributed by atoms with van der Waals surface area (Å²) in [5, 5.41) is 22.3. The predicted molar refractivity (Wildman–Crippen MR) is 54.0 cm³/mol. The first-order valence-corrected chi connectivity index (χ1v) is 4.71. The van der Waals surface area contributed by atoms with Gasteiger partial charge in [-0.3, -0.25) is 4.79 Å². The number of nitrogens with zero attached hydrogens (tertiary/aromatic N) is 1. The number of amides is 1. The first-order valence-electron chi connectivity index (χ1n) is 4.71. The smallest absolute Gasteiger partial charge is 0.234 e. The second kappa shape index (κ2) is 9.40. The van der Waals surface area contributed by atoms with E-state index in [1.54, 1.807) is 7.11 Å². The largest absolute Gasteiger partial charge is 0.396 e. The number of hydrogen-bond acceptors (Lipinski definition) is 5. The molecule has 0 aliphatic carbocycles. The topological polar surface area (TPSA) is 94.4 Å². The Balaban J connectivity index is 3.68. The zero-order valence-corrected chi connectivity index (χ0v) is 8.82. The fourth-order valence-electron chi connectivity index (χ4n) is 1.04. The molecule has 6 heteroatoms. The van der Waals surface area contributed by atoms with Crippen LogP contribution in [-0.4, -0.2) is 50.5 Å². The van der Waals surface area contributed by atoms with Crippen molar-refractivity contribution in [2.45, 2.75) is 12.5 Å². The monoisotopic (exact) mass is 215 g/mol. The van der Waals surface area contributed by atoms with Gasteiger partial charge in [0, 0.05) is 19.8 Å². The molecular formula is C9H17N3O3. The number of carbonyl (C=O) groups excluding carboxylic acids is 1. The normalized spacial score (nSPS) is 11.8. The molecule has 15 heavy (non-hydrogen) atoms. The summed E-state index contributed by atoms with van der Waals surface area (Å²) in [5.74, 6) is -0.240. The van der Waals surface area contributed by atoms with Gasteiger partial charge < -0.3 is 20.5 Å². The molecule has 0 saturated carbocycles. The predicted octanol–water partition coefficient (Wildman–Crippen LogP) is -1.39. The number of nitriles is 1. The van der Waals surface area contributed by atoms with E-state index < -0.39 is 0 Å². The molecule has 0 fully saturated rings. The Bertz CT molecular complexity index is 209. The van der Waals surface area contributed by atoms with Gasteiger partial charge in [0.25, 0.3) is 0 Å². The van der Waals surface area contributed by atoms with E-state index in [1.165, 1.54) is 0 Å². The number of ether oxygens (including phenoxy) is 1. The van der Waals surface area contributed by atoms with Gasteiger partial charge in [-0.1, -0.05) is 0 Å². The standard InChI is InChI=1S/C9H17N3O3/c1-15-7-8(2-5-13)12-6-9(14)11-4-3-10/h8,12-13H,2,4-7H2,1H3,(H,11,14). The first kappa shape index (κ1) is 13.8. The number of rotatable bonds is 8. The van der Waals surface area contributed by atoms with Crippen molar-refractivity contribution < 1.29 is 14.6 Å². The van der Waals surface area contributed by atoms with Crippen LogP contribution >= 0.6 is 0 Å². The zero-order chi connectivity index (χ0) is 11.5. The molecule has 0 saturated heterocycles. The Labute approximate surface area is 89.2 Å². The Morgan fingerprint density at radius 2 is 2.40 bits per heavy atom. The molecule has 1 unspecified atom stereocenters.